The molecular weight excluding hydrogens is 700 g/mol. The summed E-state index contributed by atoms with van der Waals surface area (Å²) < 4.78 is 69.4. The fraction of sp³-hybridized carbons (Fsp3) is 0.447. The van der Waals surface area contributed by atoms with Gasteiger partial charge in [-0.3, -0.25) is 0 Å². The molecule has 0 saturated carbocycles. The van der Waals surface area contributed by atoms with Gasteiger partial charge in [-0.05, 0) is 81.2 Å². The van der Waals surface area contributed by atoms with Gasteiger partial charge in [0, 0.05) is 63.9 Å². The van der Waals surface area contributed by atoms with E-state index in [0.717, 1.165) is 58.1 Å². The minimum absolute atomic E-state index is 0. The number of allylic oxidation sites excluding steroid dienone is 7. The van der Waals surface area contributed by atoms with Crippen LogP contribution in [0.25, 0.3) is 0 Å². The van der Waals surface area contributed by atoms with E-state index in [0.29, 0.717) is 38.8 Å². The van der Waals surface area contributed by atoms with Crippen LogP contribution in [-0.2, 0) is 31.1 Å². The SMILES string of the molecule is CC1(C)C(/C=C/C2=C(S)C(=C/C=C3/N(CCCCS(=O)(=O)[O-])c4ccccc4C3(C)C)/CCC2)=[N+](CCCCS(=O)(=O)[O-])c2ccccc21.[Na+]. The van der Waals surface area contributed by atoms with Gasteiger partial charge >= 0.3 is 29.6 Å². The van der Waals surface area contributed by atoms with Crippen LogP contribution in [0, 0.1) is 0 Å². The van der Waals surface area contributed by atoms with E-state index in [9.17, 15) is 25.9 Å². The number of unbranched alkanes of at least 4 members (excludes halogenated alkanes) is 2. The van der Waals surface area contributed by atoms with Crippen LogP contribution in [0.15, 0.2) is 94.6 Å². The molecule has 12 heteroatoms. The number of thiol groups is 1. The third kappa shape index (κ3) is 9.33. The summed E-state index contributed by atoms with van der Waals surface area (Å²) in [4.78, 5) is 3.22. The summed E-state index contributed by atoms with van der Waals surface area (Å²) in [5, 5.41) is 0. The molecule has 50 heavy (non-hydrogen) atoms. The smallest absolute Gasteiger partial charge is 0.748 e. The Morgan fingerprint density at radius 1 is 0.800 bits per heavy atom. The maximum atomic E-state index is 11.2. The third-order valence-corrected chi connectivity index (χ3v) is 12.2. The monoisotopic (exact) mass is 746 g/mol. The van der Waals surface area contributed by atoms with E-state index < -0.39 is 20.2 Å². The maximum absolute atomic E-state index is 11.2. The summed E-state index contributed by atoms with van der Waals surface area (Å²) in [5.41, 5.74) is 8.64. The number of rotatable bonds is 13. The van der Waals surface area contributed by atoms with Gasteiger partial charge in [-0.2, -0.15) is 4.58 Å². The number of fused-ring (bicyclic) bond motifs is 2. The summed E-state index contributed by atoms with van der Waals surface area (Å²) >= 11 is 5.05. The quantitative estimate of drug-likeness (QED) is 0.107. The summed E-state index contributed by atoms with van der Waals surface area (Å²) in [5.74, 6) is -0.712. The predicted molar refractivity (Wildman–Crippen MR) is 199 cm³/mol. The zero-order valence-electron chi connectivity index (χ0n) is 29.8. The molecule has 0 spiro atoms. The molecule has 0 unspecified atom stereocenters. The average Bonchev–Trinajstić information content (AvgIpc) is 3.37. The van der Waals surface area contributed by atoms with E-state index in [1.807, 2.05) is 24.3 Å². The number of para-hydroxylation sites is 2. The van der Waals surface area contributed by atoms with Gasteiger partial charge in [0.05, 0.1) is 25.7 Å². The molecule has 1 aliphatic carbocycles. The molecule has 3 aliphatic rings. The van der Waals surface area contributed by atoms with Crippen LogP contribution in [0.2, 0.25) is 0 Å². The van der Waals surface area contributed by atoms with Gasteiger partial charge in [-0.1, -0.05) is 62.4 Å². The molecule has 0 radical (unpaired) electrons. The van der Waals surface area contributed by atoms with E-state index in [-0.39, 0.29) is 51.9 Å². The van der Waals surface area contributed by atoms with Crippen molar-refractivity contribution < 1.29 is 60.1 Å². The van der Waals surface area contributed by atoms with Crippen LogP contribution in [0.3, 0.4) is 0 Å². The van der Waals surface area contributed by atoms with Crippen molar-refractivity contribution >= 4 is 50.0 Å². The second kappa shape index (κ2) is 16.4. The van der Waals surface area contributed by atoms with Crippen molar-refractivity contribution in [3.05, 3.63) is 106 Å². The first-order valence-electron chi connectivity index (χ1n) is 17.0. The number of benzene rings is 2. The first-order chi connectivity index (χ1) is 23.0. The van der Waals surface area contributed by atoms with E-state index >= 15 is 0 Å². The van der Waals surface area contributed by atoms with Gasteiger partial charge in [-0.15, -0.1) is 12.6 Å². The Morgan fingerprint density at radius 2 is 1.42 bits per heavy atom. The van der Waals surface area contributed by atoms with E-state index in [2.05, 4.69) is 85.7 Å². The summed E-state index contributed by atoms with van der Waals surface area (Å²) in [6, 6.07) is 16.6. The van der Waals surface area contributed by atoms with Crippen LogP contribution < -0.4 is 34.5 Å². The van der Waals surface area contributed by atoms with Gasteiger partial charge in [0.25, 0.3) is 0 Å². The zero-order chi connectivity index (χ0) is 35.6. The molecule has 2 heterocycles. The first kappa shape index (κ1) is 40.8. The van der Waals surface area contributed by atoms with Crippen molar-refractivity contribution in [1.82, 2.24) is 0 Å². The minimum atomic E-state index is -4.24. The Morgan fingerprint density at radius 3 is 2.10 bits per heavy atom. The van der Waals surface area contributed by atoms with E-state index in [1.165, 1.54) is 11.1 Å². The Labute approximate surface area is 326 Å². The van der Waals surface area contributed by atoms with Crippen LogP contribution in [0.5, 0.6) is 0 Å². The summed E-state index contributed by atoms with van der Waals surface area (Å²) in [7, 11) is -8.49. The Bertz CT molecular complexity index is 1980. The number of anilines is 1. The molecule has 8 nitrogen and oxygen atoms in total. The fourth-order valence-corrected chi connectivity index (χ4v) is 8.95. The molecule has 0 aromatic heterocycles. The van der Waals surface area contributed by atoms with Crippen molar-refractivity contribution in [3.63, 3.8) is 0 Å². The van der Waals surface area contributed by atoms with Gasteiger partial charge in [0.2, 0.25) is 5.69 Å². The molecule has 264 valence electrons. The normalized spacial score (nSPS) is 20.2. The van der Waals surface area contributed by atoms with Crippen molar-refractivity contribution in [2.75, 3.05) is 29.5 Å². The number of hydrogen-bond acceptors (Lipinski definition) is 8. The molecule has 0 atom stereocenters. The van der Waals surface area contributed by atoms with Crippen molar-refractivity contribution in [2.45, 2.75) is 83.5 Å². The number of hydrogen-bond donors (Lipinski definition) is 1. The van der Waals surface area contributed by atoms with Crippen LogP contribution in [0.4, 0.5) is 11.4 Å². The van der Waals surface area contributed by atoms with E-state index in [1.54, 1.807) is 0 Å². The molecule has 0 amide bonds. The molecule has 0 N–H and O–H groups in total. The van der Waals surface area contributed by atoms with Gasteiger partial charge in [0.15, 0.2) is 5.71 Å². The molecule has 0 fully saturated rings. The van der Waals surface area contributed by atoms with Crippen LogP contribution in [-0.4, -0.2) is 60.8 Å². The second-order valence-corrected chi connectivity index (χ2v) is 17.7. The Hall–Kier alpha value is -1.96. The largest absolute Gasteiger partial charge is 1.00 e. The van der Waals surface area contributed by atoms with Crippen LogP contribution >= 0.6 is 12.6 Å². The average molecular weight is 747 g/mol. The second-order valence-electron chi connectivity index (χ2n) is 14.2. The zero-order valence-corrected chi connectivity index (χ0v) is 34.3. The molecule has 0 saturated heterocycles. The fourth-order valence-electron chi connectivity index (χ4n) is 7.46. The van der Waals surface area contributed by atoms with Gasteiger partial charge < -0.3 is 14.0 Å². The van der Waals surface area contributed by atoms with E-state index in [4.69, 9.17) is 12.6 Å². The summed E-state index contributed by atoms with van der Waals surface area (Å²) in [6.07, 6.45) is 13.3. The van der Waals surface area contributed by atoms with Crippen molar-refractivity contribution in [3.8, 4) is 0 Å². The predicted octanol–water partition coefficient (Wildman–Crippen LogP) is 4.25. The Kier molecular flexibility index (Phi) is 13.4. The topological polar surface area (TPSA) is 121 Å². The molecule has 2 aromatic rings. The third-order valence-electron chi connectivity index (χ3n) is 10.0. The molecule has 2 aliphatic heterocycles. The van der Waals surface area contributed by atoms with Gasteiger partial charge in [0.1, 0.15) is 6.54 Å². The molecule has 5 rings (SSSR count). The molecule has 0 bridgehead atoms. The van der Waals surface area contributed by atoms with Gasteiger partial charge in [-0.25, -0.2) is 16.8 Å². The minimum Gasteiger partial charge on any atom is -0.748 e. The van der Waals surface area contributed by atoms with Crippen molar-refractivity contribution in [2.24, 2.45) is 0 Å². The molecular formula is C38H47N2NaO6S3. The Balaban J connectivity index is 0.00000562. The first-order valence-corrected chi connectivity index (χ1v) is 20.6. The maximum Gasteiger partial charge on any atom is 1.00 e. The number of nitrogens with zero attached hydrogens (tertiary/aromatic N) is 2. The van der Waals surface area contributed by atoms with Crippen molar-refractivity contribution in [1.29, 1.82) is 0 Å². The standard InChI is InChI=1S/C38H48N2O6S3.Na/c1-37(2)30-16-5-7-18-32(30)39(24-9-11-26-48(41,42)43)34(37)22-20-28-14-13-15-29(36(28)47)21-23-35-38(3,4)31-17-6-8-19-33(31)40(35)25-10-12-27-49(44,45)46;/h5-8,16-23H,9-15,24-27H2,1-4H3,(H2,41,42,43,44,45,46);/q;+1/p-1/b28-20+,34-22+;. The summed E-state index contributed by atoms with van der Waals surface area (Å²) in [6.45, 7) is 10.0. The molecule has 2 aromatic carbocycles. The van der Waals surface area contributed by atoms with Crippen LogP contribution in [0.1, 0.15) is 83.8 Å².